The van der Waals surface area contributed by atoms with Crippen molar-refractivity contribution in [2.75, 3.05) is 18.5 Å². The molecule has 1 N–H and O–H groups in total. The fourth-order valence-corrected chi connectivity index (χ4v) is 3.37. The second kappa shape index (κ2) is 7.76. The van der Waals surface area contributed by atoms with Gasteiger partial charge in [0.1, 0.15) is 5.82 Å². The van der Waals surface area contributed by atoms with E-state index in [4.69, 9.17) is 9.84 Å². The number of hydrogen-bond donors (Lipinski definition) is 1. The molecule has 0 bridgehead atoms. The van der Waals surface area contributed by atoms with Crippen molar-refractivity contribution in [3.05, 3.63) is 66.2 Å². The number of benzene rings is 2. The predicted octanol–water partition coefficient (Wildman–Crippen LogP) is 4.21. The molecule has 1 aliphatic rings. The molecule has 5 heteroatoms. The van der Waals surface area contributed by atoms with Gasteiger partial charge in [-0.2, -0.15) is 5.10 Å². The van der Waals surface area contributed by atoms with Crippen molar-refractivity contribution < 1.29 is 9.53 Å². The zero-order valence-electron chi connectivity index (χ0n) is 15.4. The minimum atomic E-state index is -0.0136. The summed E-state index contributed by atoms with van der Waals surface area (Å²) in [6.45, 7) is 3.35. The van der Waals surface area contributed by atoms with E-state index in [9.17, 15) is 4.79 Å². The first kappa shape index (κ1) is 17.5. The number of rotatable bonds is 4. The van der Waals surface area contributed by atoms with E-state index in [1.807, 2.05) is 48.5 Å². The number of carbonyl (C=O) groups excluding carboxylic acids is 1. The van der Waals surface area contributed by atoms with E-state index >= 15 is 0 Å². The average molecular weight is 361 g/mol. The molecule has 1 aliphatic heterocycles. The number of amides is 1. The highest BCUT2D eigenvalue weighted by Crippen LogP contribution is 2.26. The van der Waals surface area contributed by atoms with E-state index in [0.29, 0.717) is 19.0 Å². The quantitative estimate of drug-likeness (QED) is 0.757. The van der Waals surface area contributed by atoms with Gasteiger partial charge in [-0.05, 0) is 38.0 Å². The molecule has 1 amide bonds. The van der Waals surface area contributed by atoms with Crippen LogP contribution < -0.4 is 5.32 Å². The van der Waals surface area contributed by atoms with Crippen LogP contribution in [0.25, 0.3) is 16.9 Å². The highest BCUT2D eigenvalue weighted by molar-refractivity contribution is 5.92. The van der Waals surface area contributed by atoms with Crippen molar-refractivity contribution >= 4 is 11.7 Å². The van der Waals surface area contributed by atoms with Gasteiger partial charge in [-0.1, -0.05) is 42.0 Å². The molecule has 0 spiro atoms. The van der Waals surface area contributed by atoms with Crippen LogP contribution in [-0.2, 0) is 9.53 Å². The molecule has 138 valence electrons. The number of nitrogens with one attached hydrogen (secondary N) is 1. The molecule has 0 saturated carbocycles. The fraction of sp³-hybridized carbons (Fsp3) is 0.273. The van der Waals surface area contributed by atoms with Crippen molar-refractivity contribution in [1.82, 2.24) is 9.78 Å². The molecule has 1 saturated heterocycles. The van der Waals surface area contributed by atoms with Crippen molar-refractivity contribution in [1.29, 1.82) is 0 Å². The van der Waals surface area contributed by atoms with E-state index in [-0.39, 0.29) is 11.8 Å². The minimum Gasteiger partial charge on any atom is -0.381 e. The van der Waals surface area contributed by atoms with E-state index in [1.54, 1.807) is 4.68 Å². The van der Waals surface area contributed by atoms with Gasteiger partial charge in [0.2, 0.25) is 5.91 Å². The smallest absolute Gasteiger partial charge is 0.228 e. The van der Waals surface area contributed by atoms with E-state index in [2.05, 4.69) is 24.4 Å². The maximum Gasteiger partial charge on any atom is 0.228 e. The number of aromatic nitrogens is 2. The lowest BCUT2D eigenvalue weighted by Crippen LogP contribution is -2.29. The van der Waals surface area contributed by atoms with Gasteiger partial charge < -0.3 is 10.1 Å². The number of nitrogens with zero attached hydrogens (tertiary/aromatic N) is 2. The number of para-hydroxylation sites is 1. The van der Waals surface area contributed by atoms with Crippen LogP contribution in [0.3, 0.4) is 0 Å². The van der Waals surface area contributed by atoms with E-state index in [1.165, 1.54) is 5.56 Å². The van der Waals surface area contributed by atoms with Crippen LogP contribution in [0.2, 0.25) is 0 Å². The number of anilines is 1. The molecule has 27 heavy (non-hydrogen) atoms. The summed E-state index contributed by atoms with van der Waals surface area (Å²) in [6.07, 6.45) is 1.52. The van der Waals surface area contributed by atoms with Crippen LogP contribution in [0.1, 0.15) is 18.4 Å². The standard InChI is InChI=1S/C22H23N3O2/c1-16-6-5-7-18(14-16)20-15-21(23-22(26)17-10-12-27-13-11-17)25(24-20)19-8-3-2-4-9-19/h2-9,14-15,17H,10-13H2,1H3,(H,23,26). The zero-order chi connectivity index (χ0) is 18.6. The normalized spacial score (nSPS) is 14.9. The van der Waals surface area contributed by atoms with Gasteiger partial charge in [0, 0.05) is 30.8 Å². The monoisotopic (exact) mass is 361 g/mol. The lowest BCUT2D eigenvalue weighted by Gasteiger charge is -2.21. The molecule has 3 aromatic rings. The summed E-state index contributed by atoms with van der Waals surface area (Å²) in [7, 11) is 0. The van der Waals surface area contributed by atoms with Crippen LogP contribution >= 0.6 is 0 Å². The van der Waals surface area contributed by atoms with Crippen LogP contribution in [0, 0.1) is 12.8 Å². The Kier molecular flexibility index (Phi) is 5.03. The molecular weight excluding hydrogens is 338 g/mol. The van der Waals surface area contributed by atoms with Gasteiger partial charge in [0.05, 0.1) is 11.4 Å². The molecule has 5 nitrogen and oxygen atoms in total. The van der Waals surface area contributed by atoms with Gasteiger partial charge in [0.15, 0.2) is 0 Å². The number of ether oxygens (including phenoxy) is 1. The lowest BCUT2D eigenvalue weighted by atomic mass is 9.99. The Morgan fingerprint density at radius 2 is 1.85 bits per heavy atom. The highest BCUT2D eigenvalue weighted by atomic mass is 16.5. The Bertz CT molecular complexity index is 928. The van der Waals surface area contributed by atoms with E-state index in [0.717, 1.165) is 29.8 Å². The Balaban J connectivity index is 1.69. The number of hydrogen-bond acceptors (Lipinski definition) is 3. The van der Waals surface area contributed by atoms with Gasteiger partial charge in [-0.15, -0.1) is 0 Å². The van der Waals surface area contributed by atoms with Crippen LogP contribution in [0.4, 0.5) is 5.82 Å². The van der Waals surface area contributed by atoms with Crippen LogP contribution in [0.15, 0.2) is 60.7 Å². The molecular formula is C22H23N3O2. The molecule has 4 rings (SSSR count). The zero-order valence-corrected chi connectivity index (χ0v) is 15.4. The summed E-state index contributed by atoms with van der Waals surface area (Å²) >= 11 is 0. The first-order valence-corrected chi connectivity index (χ1v) is 9.32. The topological polar surface area (TPSA) is 56.1 Å². The molecule has 2 heterocycles. The van der Waals surface area contributed by atoms with Gasteiger partial charge in [0.25, 0.3) is 0 Å². The Labute approximate surface area is 159 Å². The van der Waals surface area contributed by atoms with Crippen molar-refractivity contribution in [2.24, 2.45) is 5.92 Å². The van der Waals surface area contributed by atoms with Gasteiger partial charge in [-0.3, -0.25) is 4.79 Å². The maximum atomic E-state index is 12.7. The fourth-order valence-electron chi connectivity index (χ4n) is 3.37. The SMILES string of the molecule is Cc1cccc(-c2cc(NC(=O)C3CCOCC3)n(-c3ccccc3)n2)c1. The molecule has 0 radical (unpaired) electrons. The largest absolute Gasteiger partial charge is 0.381 e. The molecule has 1 aromatic heterocycles. The summed E-state index contributed by atoms with van der Waals surface area (Å²) in [5.41, 5.74) is 3.96. The maximum absolute atomic E-state index is 12.7. The Morgan fingerprint density at radius 3 is 2.59 bits per heavy atom. The first-order chi connectivity index (χ1) is 13.2. The van der Waals surface area contributed by atoms with Crippen LogP contribution in [0.5, 0.6) is 0 Å². The second-order valence-corrected chi connectivity index (χ2v) is 6.91. The molecule has 0 atom stereocenters. The molecule has 2 aromatic carbocycles. The molecule has 0 unspecified atom stereocenters. The third-order valence-electron chi connectivity index (χ3n) is 4.87. The summed E-state index contributed by atoms with van der Waals surface area (Å²) in [5, 5.41) is 7.86. The third-order valence-corrected chi connectivity index (χ3v) is 4.87. The second-order valence-electron chi connectivity index (χ2n) is 6.91. The summed E-state index contributed by atoms with van der Waals surface area (Å²) in [6, 6.07) is 20.0. The first-order valence-electron chi connectivity index (χ1n) is 9.32. The van der Waals surface area contributed by atoms with E-state index < -0.39 is 0 Å². The summed E-state index contributed by atoms with van der Waals surface area (Å²) in [4.78, 5) is 12.7. The minimum absolute atomic E-state index is 0.0136. The van der Waals surface area contributed by atoms with Crippen molar-refractivity contribution in [2.45, 2.75) is 19.8 Å². The molecule has 0 aliphatic carbocycles. The Hall–Kier alpha value is -2.92. The van der Waals surface area contributed by atoms with Crippen LogP contribution in [-0.4, -0.2) is 28.9 Å². The summed E-state index contributed by atoms with van der Waals surface area (Å²) in [5.74, 6) is 0.709. The number of carbonyl (C=O) groups is 1. The highest BCUT2D eigenvalue weighted by Gasteiger charge is 2.23. The number of aryl methyl sites for hydroxylation is 1. The van der Waals surface area contributed by atoms with Gasteiger partial charge >= 0.3 is 0 Å². The molecule has 1 fully saturated rings. The lowest BCUT2D eigenvalue weighted by molar-refractivity contribution is -0.122. The Morgan fingerprint density at radius 1 is 1.07 bits per heavy atom. The van der Waals surface area contributed by atoms with Gasteiger partial charge in [-0.25, -0.2) is 4.68 Å². The third kappa shape index (κ3) is 3.93. The van der Waals surface area contributed by atoms with Crippen molar-refractivity contribution in [3.8, 4) is 16.9 Å². The van der Waals surface area contributed by atoms with Crippen molar-refractivity contribution in [3.63, 3.8) is 0 Å². The average Bonchev–Trinajstić information content (AvgIpc) is 3.13. The predicted molar refractivity (Wildman–Crippen MR) is 106 cm³/mol. The summed E-state index contributed by atoms with van der Waals surface area (Å²) < 4.78 is 7.17.